The van der Waals surface area contributed by atoms with Gasteiger partial charge in [0, 0.05) is 24.2 Å². The maximum Gasteiger partial charge on any atom is 0.295 e. The lowest BCUT2D eigenvalue weighted by molar-refractivity contribution is -0.384. The van der Waals surface area contributed by atoms with Gasteiger partial charge in [-0.2, -0.15) is 0 Å². The summed E-state index contributed by atoms with van der Waals surface area (Å²) in [5.74, 6) is -2.03. The highest BCUT2D eigenvalue weighted by molar-refractivity contribution is 6.46. The van der Waals surface area contributed by atoms with Gasteiger partial charge >= 0.3 is 0 Å². The fourth-order valence-corrected chi connectivity index (χ4v) is 3.32. The van der Waals surface area contributed by atoms with E-state index in [-0.39, 0.29) is 43.2 Å². The van der Waals surface area contributed by atoms with Crippen molar-refractivity contribution in [3.63, 3.8) is 0 Å². The van der Waals surface area contributed by atoms with Crippen LogP contribution in [-0.4, -0.2) is 58.1 Å². The van der Waals surface area contributed by atoms with E-state index in [1.54, 1.807) is 30.3 Å². The zero-order valence-corrected chi connectivity index (χ0v) is 15.9. The van der Waals surface area contributed by atoms with Crippen molar-refractivity contribution in [2.24, 2.45) is 0 Å². The number of carbonyl (C=O) groups excluding carboxylic acids is 2. The van der Waals surface area contributed by atoms with Crippen LogP contribution in [0.2, 0.25) is 0 Å². The maximum absolute atomic E-state index is 12.8. The van der Waals surface area contributed by atoms with Crippen LogP contribution < -0.4 is 0 Å². The predicted octanol–water partition coefficient (Wildman–Crippen LogP) is 2.03. The number of nitro benzene ring substituents is 1. The van der Waals surface area contributed by atoms with Crippen LogP contribution in [0, 0.1) is 10.1 Å². The average Bonchev–Trinajstić information content (AvgIpc) is 3.01. The number of non-ortho nitro benzene ring substituents is 1. The number of hydrogen-bond donors (Lipinski definition) is 2. The highest BCUT2D eigenvalue weighted by Gasteiger charge is 2.45. The molecule has 1 saturated heterocycles. The lowest BCUT2D eigenvalue weighted by atomic mass is 9.95. The molecule has 1 fully saturated rings. The monoisotopic (exact) mass is 412 g/mol. The molecule has 1 aliphatic rings. The number of likely N-dealkylation sites (tertiary alicyclic amines) is 1. The van der Waals surface area contributed by atoms with Crippen LogP contribution in [0.4, 0.5) is 5.69 Å². The average molecular weight is 412 g/mol. The fraction of sp³-hybridized carbons (Fsp3) is 0.238. The van der Waals surface area contributed by atoms with E-state index in [0.29, 0.717) is 5.56 Å². The zero-order chi connectivity index (χ0) is 21.7. The van der Waals surface area contributed by atoms with E-state index in [0.717, 1.165) is 0 Å². The van der Waals surface area contributed by atoms with Crippen LogP contribution in [0.1, 0.15) is 17.2 Å². The van der Waals surface area contributed by atoms with Crippen molar-refractivity contribution in [3.8, 4) is 0 Å². The first kappa shape index (κ1) is 21.2. The molecule has 0 aliphatic carbocycles. The largest absolute Gasteiger partial charge is 0.507 e. The SMILES string of the molecule is O=C1C(=O)N(CCOCCO)[C@H](c2ccccc2)/C1=C(\O)c1ccc([N+](=O)[O-])cc1. The molecule has 0 spiro atoms. The molecule has 0 bridgehead atoms. The third-order valence-corrected chi connectivity index (χ3v) is 4.72. The Morgan fingerprint density at radius 3 is 2.33 bits per heavy atom. The van der Waals surface area contributed by atoms with Crippen LogP contribution in [0.15, 0.2) is 60.2 Å². The third-order valence-electron chi connectivity index (χ3n) is 4.72. The molecular formula is C21H20N2O7. The van der Waals surface area contributed by atoms with Crippen molar-refractivity contribution in [3.05, 3.63) is 81.4 Å². The van der Waals surface area contributed by atoms with Crippen LogP contribution in [0.3, 0.4) is 0 Å². The van der Waals surface area contributed by atoms with Gasteiger partial charge in [-0.15, -0.1) is 0 Å². The molecule has 0 radical (unpaired) electrons. The van der Waals surface area contributed by atoms with Gasteiger partial charge in [0.1, 0.15) is 5.76 Å². The molecule has 0 aromatic heterocycles. The number of carbonyl (C=O) groups is 2. The van der Waals surface area contributed by atoms with Crippen LogP contribution >= 0.6 is 0 Å². The van der Waals surface area contributed by atoms with Gasteiger partial charge in [-0.05, 0) is 17.7 Å². The Labute approximate surface area is 172 Å². The number of ether oxygens (including phenoxy) is 1. The molecule has 1 amide bonds. The summed E-state index contributed by atoms with van der Waals surface area (Å²) in [4.78, 5) is 37.1. The number of amides is 1. The molecule has 1 aliphatic heterocycles. The minimum absolute atomic E-state index is 0.0845. The number of benzene rings is 2. The Bertz CT molecular complexity index is 971. The summed E-state index contributed by atoms with van der Waals surface area (Å²) < 4.78 is 5.23. The number of nitro groups is 1. The molecule has 0 saturated carbocycles. The van der Waals surface area contributed by atoms with E-state index < -0.39 is 28.4 Å². The van der Waals surface area contributed by atoms with Crippen molar-refractivity contribution in [2.45, 2.75) is 6.04 Å². The fourth-order valence-electron chi connectivity index (χ4n) is 3.32. The Hall–Kier alpha value is -3.56. The van der Waals surface area contributed by atoms with Crippen molar-refractivity contribution < 1.29 is 29.5 Å². The number of Topliss-reactive ketones (excluding diaryl/α,β-unsaturated/α-hetero) is 1. The van der Waals surface area contributed by atoms with Gasteiger partial charge in [0.15, 0.2) is 0 Å². The number of ketones is 1. The van der Waals surface area contributed by atoms with Gasteiger partial charge < -0.3 is 19.8 Å². The van der Waals surface area contributed by atoms with Gasteiger partial charge in [0.25, 0.3) is 17.4 Å². The summed E-state index contributed by atoms with van der Waals surface area (Å²) in [6, 6.07) is 13.0. The van der Waals surface area contributed by atoms with Crippen LogP contribution in [0.5, 0.6) is 0 Å². The van der Waals surface area contributed by atoms with Crippen molar-refractivity contribution in [1.82, 2.24) is 4.90 Å². The van der Waals surface area contributed by atoms with E-state index in [4.69, 9.17) is 9.84 Å². The van der Waals surface area contributed by atoms with Gasteiger partial charge in [-0.1, -0.05) is 30.3 Å². The maximum atomic E-state index is 12.8. The second-order valence-electron chi connectivity index (χ2n) is 6.54. The Kier molecular flexibility index (Phi) is 6.55. The highest BCUT2D eigenvalue weighted by atomic mass is 16.6. The Morgan fingerprint density at radius 2 is 1.73 bits per heavy atom. The van der Waals surface area contributed by atoms with Crippen molar-refractivity contribution in [2.75, 3.05) is 26.4 Å². The van der Waals surface area contributed by atoms with E-state index in [2.05, 4.69) is 0 Å². The van der Waals surface area contributed by atoms with E-state index in [1.807, 2.05) is 0 Å². The molecule has 30 heavy (non-hydrogen) atoms. The van der Waals surface area contributed by atoms with Crippen molar-refractivity contribution in [1.29, 1.82) is 0 Å². The number of aliphatic hydroxyl groups excluding tert-OH is 2. The second-order valence-corrected chi connectivity index (χ2v) is 6.54. The smallest absolute Gasteiger partial charge is 0.295 e. The minimum atomic E-state index is -0.845. The number of nitrogens with zero attached hydrogens (tertiary/aromatic N) is 2. The second kappa shape index (κ2) is 9.29. The highest BCUT2D eigenvalue weighted by Crippen LogP contribution is 2.39. The van der Waals surface area contributed by atoms with Gasteiger partial charge in [-0.3, -0.25) is 19.7 Å². The first-order chi connectivity index (χ1) is 14.5. The van der Waals surface area contributed by atoms with Gasteiger partial charge in [0.2, 0.25) is 0 Å². The number of rotatable bonds is 8. The summed E-state index contributed by atoms with van der Waals surface area (Å²) in [5, 5.41) is 30.5. The standard InChI is InChI=1S/C21H20N2O7/c24-11-13-30-12-10-22-18(14-4-2-1-3-5-14)17(20(26)21(22)27)19(25)15-6-8-16(9-7-15)23(28)29/h1-9,18,24-25H,10-13H2/b19-17+/t18-/m1/s1. The predicted molar refractivity (Wildman–Crippen MR) is 106 cm³/mol. The normalized spacial score (nSPS) is 18.0. The summed E-state index contributed by atoms with van der Waals surface area (Å²) in [6.07, 6.45) is 0. The first-order valence-corrected chi connectivity index (χ1v) is 9.22. The third kappa shape index (κ3) is 4.22. The molecule has 0 unspecified atom stereocenters. The molecule has 2 aromatic carbocycles. The van der Waals surface area contributed by atoms with E-state index in [9.17, 15) is 24.8 Å². The Morgan fingerprint density at radius 1 is 1.07 bits per heavy atom. The lowest BCUT2D eigenvalue weighted by Crippen LogP contribution is -2.33. The number of hydrogen-bond acceptors (Lipinski definition) is 7. The first-order valence-electron chi connectivity index (χ1n) is 9.22. The van der Waals surface area contributed by atoms with Crippen LogP contribution in [0.25, 0.3) is 5.76 Å². The molecule has 9 nitrogen and oxygen atoms in total. The summed E-state index contributed by atoms with van der Waals surface area (Å²) in [5.41, 5.74) is 0.563. The van der Waals surface area contributed by atoms with Gasteiger partial charge in [0.05, 0.1) is 36.4 Å². The molecule has 1 atom stereocenters. The number of aliphatic hydroxyl groups is 2. The molecule has 1 heterocycles. The molecule has 2 aromatic rings. The van der Waals surface area contributed by atoms with Gasteiger partial charge in [-0.25, -0.2) is 0 Å². The molecular weight excluding hydrogens is 392 g/mol. The topological polar surface area (TPSA) is 130 Å². The zero-order valence-electron chi connectivity index (χ0n) is 15.9. The lowest BCUT2D eigenvalue weighted by Gasteiger charge is -2.25. The molecule has 2 N–H and O–H groups in total. The van der Waals surface area contributed by atoms with Crippen molar-refractivity contribution >= 4 is 23.1 Å². The summed E-state index contributed by atoms with van der Waals surface area (Å²) in [6.45, 7) is 0.124. The van der Waals surface area contributed by atoms with E-state index in [1.165, 1.54) is 29.2 Å². The quantitative estimate of drug-likeness (QED) is 0.169. The molecule has 3 rings (SSSR count). The summed E-state index contributed by atoms with van der Waals surface area (Å²) >= 11 is 0. The molecule has 9 heteroatoms. The Balaban J connectivity index is 2.03. The summed E-state index contributed by atoms with van der Waals surface area (Å²) in [7, 11) is 0. The molecule has 156 valence electrons. The minimum Gasteiger partial charge on any atom is -0.507 e. The van der Waals surface area contributed by atoms with Crippen LogP contribution in [-0.2, 0) is 14.3 Å². The van der Waals surface area contributed by atoms with E-state index >= 15 is 0 Å².